The van der Waals surface area contributed by atoms with E-state index < -0.39 is 0 Å². The fourth-order valence-corrected chi connectivity index (χ4v) is 4.73. The SMILES string of the molecule is Cc1[nH]c2ccccc2c1CN1CCc2nc(N3CCN(C)CC3)[nH]c(=O)c2CC1. The van der Waals surface area contributed by atoms with Gasteiger partial charge in [0.15, 0.2) is 0 Å². The van der Waals surface area contributed by atoms with E-state index in [-0.39, 0.29) is 5.56 Å². The number of anilines is 1. The minimum atomic E-state index is 0.0408. The molecule has 158 valence electrons. The molecule has 2 N–H and O–H groups in total. The average Bonchev–Trinajstić information content (AvgIpc) is 2.91. The van der Waals surface area contributed by atoms with Crippen LogP contribution in [0.15, 0.2) is 29.1 Å². The lowest BCUT2D eigenvalue weighted by Gasteiger charge is -2.32. The Kier molecular flexibility index (Phi) is 5.08. The van der Waals surface area contributed by atoms with Gasteiger partial charge in [-0.05, 0) is 32.0 Å². The summed E-state index contributed by atoms with van der Waals surface area (Å²) in [5.41, 5.74) is 5.66. The van der Waals surface area contributed by atoms with Crippen LogP contribution >= 0.6 is 0 Å². The second kappa shape index (κ2) is 7.89. The number of hydrogen-bond donors (Lipinski definition) is 2. The maximum absolute atomic E-state index is 12.8. The van der Waals surface area contributed by atoms with E-state index in [4.69, 9.17) is 4.98 Å². The maximum atomic E-state index is 12.8. The number of H-pyrrole nitrogens is 2. The summed E-state index contributed by atoms with van der Waals surface area (Å²) < 4.78 is 0. The third-order valence-corrected chi connectivity index (χ3v) is 6.64. The number of hydrogen-bond acceptors (Lipinski definition) is 5. The van der Waals surface area contributed by atoms with Gasteiger partial charge in [0.25, 0.3) is 5.56 Å². The van der Waals surface area contributed by atoms with Crippen molar-refractivity contribution in [2.75, 3.05) is 51.2 Å². The zero-order valence-corrected chi connectivity index (χ0v) is 17.9. The highest BCUT2D eigenvalue weighted by Gasteiger charge is 2.23. The number of aromatic nitrogens is 3. The molecule has 2 aromatic heterocycles. The molecule has 2 aliphatic rings. The van der Waals surface area contributed by atoms with Crippen molar-refractivity contribution in [3.8, 4) is 0 Å². The normalized spacial score (nSPS) is 18.5. The molecule has 1 aromatic carbocycles. The Labute approximate surface area is 176 Å². The van der Waals surface area contributed by atoms with Crippen LogP contribution in [0.25, 0.3) is 10.9 Å². The Balaban J connectivity index is 1.35. The monoisotopic (exact) mass is 406 g/mol. The molecular formula is C23H30N6O. The number of rotatable bonds is 3. The van der Waals surface area contributed by atoms with Gasteiger partial charge in [-0.25, -0.2) is 4.98 Å². The molecule has 0 unspecified atom stereocenters. The lowest BCUT2D eigenvalue weighted by Crippen LogP contribution is -2.45. The fraction of sp³-hybridized carbons (Fsp3) is 0.478. The van der Waals surface area contributed by atoms with E-state index in [9.17, 15) is 4.79 Å². The molecule has 0 amide bonds. The first-order valence-corrected chi connectivity index (χ1v) is 10.9. The van der Waals surface area contributed by atoms with Crippen molar-refractivity contribution in [1.29, 1.82) is 0 Å². The van der Waals surface area contributed by atoms with Crippen LogP contribution in [-0.4, -0.2) is 71.1 Å². The molecule has 0 bridgehead atoms. The Bertz CT molecular complexity index is 1110. The summed E-state index contributed by atoms with van der Waals surface area (Å²) in [6, 6.07) is 8.49. The zero-order chi connectivity index (χ0) is 20.7. The number of nitrogens with one attached hydrogen (secondary N) is 2. The molecule has 0 atom stereocenters. The van der Waals surface area contributed by atoms with Crippen LogP contribution in [0.1, 0.15) is 22.5 Å². The Morgan fingerprint density at radius 1 is 1.00 bits per heavy atom. The van der Waals surface area contributed by atoms with Gasteiger partial charge in [0.1, 0.15) is 0 Å². The molecule has 30 heavy (non-hydrogen) atoms. The number of likely N-dealkylation sites (N-methyl/N-ethyl adjacent to an activating group) is 1. The van der Waals surface area contributed by atoms with Crippen molar-refractivity contribution in [1.82, 2.24) is 24.8 Å². The highest BCUT2D eigenvalue weighted by molar-refractivity contribution is 5.84. The Morgan fingerprint density at radius 2 is 1.77 bits per heavy atom. The van der Waals surface area contributed by atoms with Gasteiger partial charge < -0.3 is 14.8 Å². The second-order valence-corrected chi connectivity index (χ2v) is 8.66. The number of nitrogens with zero attached hydrogens (tertiary/aromatic N) is 4. The Hall–Kier alpha value is -2.64. The van der Waals surface area contributed by atoms with E-state index in [1.165, 1.54) is 22.2 Å². The van der Waals surface area contributed by atoms with Gasteiger partial charge in [-0.2, -0.15) is 0 Å². The first-order valence-electron chi connectivity index (χ1n) is 10.9. The summed E-state index contributed by atoms with van der Waals surface area (Å²) in [5, 5.41) is 1.30. The highest BCUT2D eigenvalue weighted by Crippen LogP contribution is 2.24. The van der Waals surface area contributed by atoms with E-state index in [0.29, 0.717) is 0 Å². The third-order valence-electron chi connectivity index (χ3n) is 6.64. The van der Waals surface area contributed by atoms with Crippen molar-refractivity contribution in [2.24, 2.45) is 0 Å². The molecule has 5 rings (SSSR count). The first kappa shape index (κ1) is 19.3. The van der Waals surface area contributed by atoms with Gasteiger partial charge in [-0.15, -0.1) is 0 Å². The van der Waals surface area contributed by atoms with Gasteiger partial charge in [0.2, 0.25) is 5.95 Å². The quantitative estimate of drug-likeness (QED) is 0.695. The lowest BCUT2D eigenvalue weighted by molar-refractivity contribution is 0.279. The number of para-hydroxylation sites is 1. The number of aryl methyl sites for hydroxylation is 1. The largest absolute Gasteiger partial charge is 0.358 e. The van der Waals surface area contributed by atoms with Crippen LogP contribution in [0.2, 0.25) is 0 Å². The zero-order valence-electron chi connectivity index (χ0n) is 17.9. The van der Waals surface area contributed by atoms with Crippen molar-refractivity contribution in [2.45, 2.75) is 26.3 Å². The molecule has 7 heteroatoms. The molecule has 4 heterocycles. The van der Waals surface area contributed by atoms with Crippen LogP contribution < -0.4 is 10.5 Å². The standard InChI is InChI=1S/C23H30N6O/c1-16-19(17-5-3-4-6-20(17)24-16)15-28-9-7-18-21(8-10-28)25-23(26-22(18)30)29-13-11-27(2)12-14-29/h3-6,24H,7-15H2,1-2H3,(H,25,26,30). The second-order valence-electron chi connectivity index (χ2n) is 8.66. The maximum Gasteiger partial charge on any atom is 0.255 e. The molecule has 0 radical (unpaired) electrons. The van der Waals surface area contributed by atoms with Crippen LogP contribution in [-0.2, 0) is 19.4 Å². The summed E-state index contributed by atoms with van der Waals surface area (Å²) in [7, 11) is 2.13. The van der Waals surface area contributed by atoms with Gasteiger partial charge in [0, 0.05) is 74.4 Å². The summed E-state index contributed by atoms with van der Waals surface area (Å²) >= 11 is 0. The van der Waals surface area contributed by atoms with Crippen LogP contribution in [0.4, 0.5) is 5.95 Å². The number of benzene rings is 1. The highest BCUT2D eigenvalue weighted by atomic mass is 16.1. The molecule has 7 nitrogen and oxygen atoms in total. The lowest BCUT2D eigenvalue weighted by atomic mass is 10.1. The number of piperazine rings is 1. The summed E-state index contributed by atoms with van der Waals surface area (Å²) in [6.07, 6.45) is 1.57. The Morgan fingerprint density at radius 3 is 2.60 bits per heavy atom. The van der Waals surface area contributed by atoms with Gasteiger partial charge in [0.05, 0.1) is 5.69 Å². The van der Waals surface area contributed by atoms with Crippen molar-refractivity contribution in [3.63, 3.8) is 0 Å². The van der Waals surface area contributed by atoms with E-state index in [1.807, 2.05) is 0 Å². The number of fused-ring (bicyclic) bond motifs is 2. The van der Waals surface area contributed by atoms with Crippen molar-refractivity contribution >= 4 is 16.9 Å². The molecule has 0 saturated carbocycles. The van der Waals surface area contributed by atoms with E-state index in [0.717, 1.165) is 75.9 Å². The number of aromatic amines is 2. The molecular weight excluding hydrogens is 376 g/mol. The molecule has 0 aliphatic carbocycles. The van der Waals surface area contributed by atoms with Crippen molar-refractivity contribution < 1.29 is 0 Å². The summed E-state index contributed by atoms with van der Waals surface area (Å²) in [5.74, 6) is 0.743. The van der Waals surface area contributed by atoms with E-state index in [2.05, 4.69) is 62.9 Å². The van der Waals surface area contributed by atoms with Crippen LogP contribution in [0.3, 0.4) is 0 Å². The molecule has 3 aromatic rings. The minimum Gasteiger partial charge on any atom is -0.358 e. The predicted molar refractivity (Wildman–Crippen MR) is 120 cm³/mol. The molecule has 1 fully saturated rings. The summed E-state index contributed by atoms with van der Waals surface area (Å²) in [6.45, 7) is 8.66. The van der Waals surface area contributed by atoms with Crippen LogP contribution in [0.5, 0.6) is 0 Å². The van der Waals surface area contributed by atoms with Crippen LogP contribution in [0, 0.1) is 6.92 Å². The molecule has 1 saturated heterocycles. The topological polar surface area (TPSA) is 71.3 Å². The molecule has 0 spiro atoms. The van der Waals surface area contributed by atoms with E-state index in [1.54, 1.807) is 0 Å². The van der Waals surface area contributed by atoms with Gasteiger partial charge in [-0.3, -0.25) is 14.7 Å². The first-order chi connectivity index (χ1) is 14.6. The summed E-state index contributed by atoms with van der Waals surface area (Å²) in [4.78, 5) is 31.3. The predicted octanol–water partition coefficient (Wildman–Crippen LogP) is 1.91. The van der Waals surface area contributed by atoms with Crippen molar-refractivity contribution in [3.05, 3.63) is 57.1 Å². The average molecular weight is 407 g/mol. The van der Waals surface area contributed by atoms with Gasteiger partial charge in [-0.1, -0.05) is 18.2 Å². The fourth-order valence-electron chi connectivity index (χ4n) is 4.73. The minimum absolute atomic E-state index is 0.0408. The molecule has 2 aliphatic heterocycles. The third kappa shape index (κ3) is 3.63. The smallest absolute Gasteiger partial charge is 0.255 e. The van der Waals surface area contributed by atoms with E-state index >= 15 is 0 Å². The van der Waals surface area contributed by atoms with Gasteiger partial charge >= 0.3 is 0 Å².